The first-order valence-corrected chi connectivity index (χ1v) is 10.5. The lowest BCUT2D eigenvalue weighted by Crippen LogP contribution is -2.44. The van der Waals surface area contributed by atoms with E-state index in [9.17, 15) is 8.42 Å². The predicted molar refractivity (Wildman–Crippen MR) is 108 cm³/mol. The molecule has 2 N–H and O–H groups in total. The molecule has 0 amide bonds. The monoisotopic (exact) mass is 431 g/mol. The minimum absolute atomic E-state index is 0. The third-order valence-corrected chi connectivity index (χ3v) is 5.28. The second kappa shape index (κ2) is 9.55. The van der Waals surface area contributed by atoms with Gasteiger partial charge in [0.05, 0.1) is 12.1 Å². The van der Waals surface area contributed by atoms with Crippen LogP contribution in [0.15, 0.2) is 28.8 Å². The van der Waals surface area contributed by atoms with Gasteiger partial charge in [0.25, 0.3) is 0 Å². The van der Waals surface area contributed by atoms with Crippen LogP contribution in [0.3, 0.4) is 0 Å². The maximum Gasteiger partial charge on any atom is 0.243 e. The van der Waals surface area contributed by atoms with Crippen LogP contribution in [0.4, 0.5) is 5.69 Å². The number of aromatic nitrogens is 2. The second-order valence-electron chi connectivity index (χ2n) is 6.80. The van der Waals surface area contributed by atoms with Gasteiger partial charge in [0.1, 0.15) is 11.5 Å². The van der Waals surface area contributed by atoms with Crippen molar-refractivity contribution in [1.82, 2.24) is 20.4 Å². The number of nitrogens with zero attached hydrogens (tertiary/aromatic N) is 3. The van der Waals surface area contributed by atoms with Crippen molar-refractivity contribution in [1.29, 1.82) is 0 Å². The van der Waals surface area contributed by atoms with E-state index in [-0.39, 0.29) is 36.2 Å². The lowest BCUT2D eigenvalue weighted by atomic mass is 10.2. The predicted octanol–water partition coefficient (Wildman–Crippen LogP) is 1.80. The van der Waals surface area contributed by atoms with Crippen molar-refractivity contribution in [2.45, 2.75) is 31.7 Å². The molecule has 0 saturated carbocycles. The van der Waals surface area contributed by atoms with Gasteiger partial charge in [-0.2, -0.15) is 4.98 Å². The zero-order chi connectivity index (χ0) is 19.4. The molecule has 0 spiro atoms. The van der Waals surface area contributed by atoms with Crippen molar-refractivity contribution in [2.75, 3.05) is 31.4 Å². The van der Waals surface area contributed by atoms with E-state index in [0.717, 1.165) is 13.1 Å². The molecule has 1 fully saturated rings. The van der Waals surface area contributed by atoms with Crippen molar-refractivity contribution in [3.8, 4) is 5.75 Å². The molecule has 156 valence electrons. The lowest BCUT2D eigenvalue weighted by Gasteiger charge is -2.30. The molecule has 1 aromatic heterocycles. The van der Waals surface area contributed by atoms with Crippen LogP contribution in [-0.2, 0) is 15.8 Å². The highest BCUT2D eigenvalue weighted by Crippen LogP contribution is 2.20. The number of nitrogens with one attached hydrogen (secondary N) is 2. The number of anilines is 1. The van der Waals surface area contributed by atoms with E-state index in [4.69, 9.17) is 9.26 Å². The summed E-state index contributed by atoms with van der Waals surface area (Å²) >= 11 is 0. The number of benzene rings is 1. The normalized spacial score (nSPS) is 17.9. The Balaban J connectivity index is 0.00000280. The molecule has 2 heterocycles. The number of sulfonamides is 1. The minimum Gasteiger partial charge on any atom is -0.491 e. The topological polar surface area (TPSA) is 110 Å². The molecule has 0 radical (unpaired) electrons. The number of likely N-dealkylation sites (N-methyl/N-ethyl adjacent to an activating group) is 1. The van der Waals surface area contributed by atoms with Crippen LogP contribution in [0.1, 0.15) is 31.6 Å². The first kappa shape index (κ1) is 22.4. The largest absolute Gasteiger partial charge is 0.491 e. The summed E-state index contributed by atoms with van der Waals surface area (Å²) < 4.78 is 38.0. The summed E-state index contributed by atoms with van der Waals surface area (Å²) in [5, 5.41) is 7.21. The number of hydrogen-bond donors (Lipinski definition) is 2. The van der Waals surface area contributed by atoms with Gasteiger partial charge in [0.15, 0.2) is 5.82 Å². The SMILES string of the molecule is CC(C)Oc1ccc(NS(=O)(=O)Cc2nc(C3CNCCN3C)no2)cc1.Cl. The van der Waals surface area contributed by atoms with Crippen LogP contribution < -0.4 is 14.8 Å². The molecule has 28 heavy (non-hydrogen) atoms. The maximum absolute atomic E-state index is 12.4. The lowest BCUT2D eigenvalue weighted by molar-refractivity contribution is 0.190. The van der Waals surface area contributed by atoms with E-state index >= 15 is 0 Å². The van der Waals surface area contributed by atoms with Crippen LogP contribution >= 0.6 is 12.4 Å². The molecule has 1 aliphatic rings. The Labute approximate surface area is 171 Å². The Morgan fingerprint density at radius 1 is 1.36 bits per heavy atom. The summed E-state index contributed by atoms with van der Waals surface area (Å²) in [7, 11) is -1.69. The molecule has 1 aromatic carbocycles. The average Bonchev–Trinajstić information content (AvgIpc) is 3.03. The summed E-state index contributed by atoms with van der Waals surface area (Å²) in [6.45, 7) is 6.32. The summed E-state index contributed by atoms with van der Waals surface area (Å²) in [6, 6.07) is 6.71. The Kier molecular flexibility index (Phi) is 7.64. The van der Waals surface area contributed by atoms with Crippen molar-refractivity contribution < 1.29 is 17.7 Å². The fourth-order valence-corrected chi connectivity index (χ4v) is 3.82. The summed E-state index contributed by atoms with van der Waals surface area (Å²) in [6.07, 6.45) is 0.0534. The standard InChI is InChI=1S/C17H25N5O4S.ClH/c1-12(2)25-14-6-4-13(5-7-14)21-27(23,24)11-16-19-17(20-26-16)15-10-18-8-9-22(15)3;/h4-7,12,15,18,21H,8-11H2,1-3H3;1H. The molecule has 0 bridgehead atoms. The molecular formula is C17H26ClN5O4S. The Bertz CT molecular complexity index is 857. The highest BCUT2D eigenvalue weighted by Gasteiger charge is 2.26. The number of hydrogen-bond acceptors (Lipinski definition) is 8. The van der Waals surface area contributed by atoms with Gasteiger partial charge >= 0.3 is 0 Å². The number of ether oxygens (including phenoxy) is 1. The molecule has 3 rings (SSSR count). The number of rotatable bonds is 7. The zero-order valence-electron chi connectivity index (χ0n) is 16.1. The molecule has 1 aliphatic heterocycles. The molecule has 9 nitrogen and oxygen atoms in total. The maximum atomic E-state index is 12.4. The van der Waals surface area contributed by atoms with Gasteiger partial charge in [0, 0.05) is 25.3 Å². The van der Waals surface area contributed by atoms with E-state index in [1.54, 1.807) is 24.3 Å². The third-order valence-electron chi connectivity index (χ3n) is 4.11. The van der Waals surface area contributed by atoms with Crippen molar-refractivity contribution in [3.05, 3.63) is 36.0 Å². The molecule has 2 aromatic rings. The highest BCUT2D eigenvalue weighted by atomic mass is 35.5. The quantitative estimate of drug-likeness (QED) is 0.682. The van der Waals surface area contributed by atoms with Gasteiger partial charge in [-0.15, -0.1) is 12.4 Å². The molecule has 1 atom stereocenters. The van der Waals surface area contributed by atoms with E-state index in [1.807, 2.05) is 20.9 Å². The van der Waals surface area contributed by atoms with Crippen molar-refractivity contribution >= 4 is 28.1 Å². The van der Waals surface area contributed by atoms with Gasteiger partial charge < -0.3 is 14.6 Å². The summed E-state index contributed by atoms with van der Waals surface area (Å²) in [5.41, 5.74) is 0.446. The van der Waals surface area contributed by atoms with Crippen LogP contribution in [0.5, 0.6) is 5.75 Å². The fourth-order valence-electron chi connectivity index (χ4n) is 2.81. The molecule has 11 heteroatoms. The zero-order valence-corrected chi connectivity index (χ0v) is 17.7. The Morgan fingerprint density at radius 3 is 2.71 bits per heavy atom. The first-order chi connectivity index (χ1) is 12.8. The van der Waals surface area contributed by atoms with Crippen LogP contribution in [0, 0.1) is 0 Å². The van der Waals surface area contributed by atoms with Gasteiger partial charge in [-0.25, -0.2) is 8.42 Å². The average molecular weight is 432 g/mol. The smallest absolute Gasteiger partial charge is 0.243 e. The van der Waals surface area contributed by atoms with Crippen LogP contribution in [0.25, 0.3) is 0 Å². The van der Waals surface area contributed by atoms with E-state index < -0.39 is 10.0 Å². The Morgan fingerprint density at radius 2 is 2.07 bits per heavy atom. The molecule has 1 saturated heterocycles. The fraction of sp³-hybridized carbons (Fsp3) is 0.529. The van der Waals surface area contributed by atoms with Crippen LogP contribution in [0.2, 0.25) is 0 Å². The number of halogens is 1. The highest BCUT2D eigenvalue weighted by molar-refractivity contribution is 7.91. The number of piperazine rings is 1. The van der Waals surface area contributed by atoms with Crippen LogP contribution in [-0.4, -0.2) is 56.2 Å². The van der Waals surface area contributed by atoms with Crippen molar-refractivity contribution in [2.24, 2.45) is 0 Å². The Hall–Kier alpha value is -1.88. The second-order valence-corrected chi connectivity index (χ2v) is 8.52. The van der Waals surface area contributed by atoms with Gasteiger partial charge in [-0.05, 0) is 45.2 Å². The molecule has 0 aliphatic carbocycles. The molecule has 1 unspecified atom stereocenters. The summed E-state index contributed by atoms with van der Waals surface area (Å²) in [4.78, 5) is 6.37. The van der Waals surface area contributed by atoms with E-state index in [2.05, 4.69) is 25.1 Å². The van der Waals surface area contributed by atoms with Gasteiger partial charge in [-0.1, -0.05) is 5.16 Å². The van der Waals surface area contributed by atoms with Gasteiger partial charge in [-0.3, -0.25) is 9.62 Å². The third kappa shape index (κ3) is 6.06. The van der Waals surface area contributed by atoms with Gasteiger partial charge in [0.2, 0.25) is 15.9 Å². The van der Waals surface area contributed by atoms with Crippen molar-refractivity contribution in [3.63, 3.8) is 0 Å². The van der Waals surface area contributed by atoms with E-state index in [0.29, 0.717) is 23.8 Å². The molecular weight excluding hydrogens is 406 g/mol. The first-order valence-electron chi connectivity index (χ1n) is 8.83. The summed E-state index contributed by atoms with van der Waals surface area (Å²) in [5.74, 6) is 0.856. The van der Waals surface area contributed by atoms with E-state index in [1.165, 1.54) is 0 Å². The minimum atomic E-state index is -3.67.